The molecular formula is C14H19FN2. The standard InChI is InChI=1S/C14H19FN2/c1-10-6-7-11(8-13(10)15)14(9-16)17-12-4-2-3-5-12/h2-3,6-8,12,14,17H,4-5,9,16H2,1H3. The Bertz CT molecular complexity index is 407. The third kappa shape index (κ3) is 2.93. The molecular weight excluding hydrogens is 215 g/mol. The van der Waals surface area contributed by atoms with Crippen LogP contribution in [0.25, 0.3) is 0 Å². The summed E-state index contributed by atoms with van der Waals surface area (Å²) in [6.07, 6.45) is 6.40. The van der Waals surface area contributed by atoms with Gasteiger partial charge < -0.3 is 11.1 Å². The van der Waals surface area contributed by atoms with Crippen LogP contribution in [0.4, 0.5) is 4.39 Å². The molecule has 17 heavy (non-hydrogen) atoms. The fourth-order valence-corrected chi connectivity index (χ4v) is 2.16. The summed E-state index contributed by atoms with van der Waals surface area (Å²) in [6, 6.07) is 5.82. The van der Waals surface area contributed by atoms with Gasteiger partial charge in [0.05, 0.1) is 0 Å². The molecule has 0 saturated heterocycles. The van der Waals surface area contributed by atoms with Crippen molar-refractivity contribution in [2.45, 2.75) is 31.8 Å². The van der Waals surface area contributed by atoms with Crippen molar-refractivity contribution in [1.82, 2.24) is 5.32 Å². The van der Waals surface area contributed by atoms with Crippen molar-refractivity contribution in [3.63, 3.8) is 0 Å². The molecule has 1 aromatic rings. The second-order valence-corrected chi connectivity index (χ2v) is 4.60. The Kier molecular flexibility index (Phi) is 3.92. The largest absolute Gasteiger partial charge is 0.329 e. The lowest BCUT2D eigenvalue weighted by Crippen LogP contribution is -2.35. The molecule has 0 aromatic heterocycles. The fourth-order valence-electron chi connectivity index (χ4n) is 2.16. The molecule has 0 saturated carbocycles. The lowest BCUT2D eigenvalue weighted by Gasteiger charge is -2.22. The molecule has 92 valence electrons. The van der Waals surface area contributed by atoms with Crippen LogP contribution in [0, 0.1) is 12.7 Å². The van der Waals surface area contributed by atoms with Crippen molar-refractivity contribution in [3.05, 3.63) is 47.3 Å². The van der Waals surface area contributed by atoms with Crippen LogP contribution in [-0.2, 0) is 0 Å². The lowest BCUT2D eigenvalue weighted by atomic mass is 10.0. The van der Waals surface area contributed by atoms with E-state index in [2.05, 4.69) is 17.5 Å². The van der Waals surface area contributed by atoms with Gasteiger partial charge in [0, 0.05) is 18.6 Å². The van der Waals surface area contributed by atoms with Crippen LogP contribution in [0.3, 0.4) is 0 Å². The van der Waals surface area contributed by atoms with E-state index in [0.717, 1.165) is 18.4 Å². The highest BCUT2D eigenvalue weighted by atomic mass is 19.1. The number of benzene rings is 1. The molecule has 0 amide bonds. The zero-order valence-electron chi connectivity index (χ0n) is 10.1. The minimum absolute atomic E-state index is 0.0370. The van der Waals surface area contributed by atoms with Gasteiger partial charge in [-0.2, -0.15) is 0 Å². The number of rotatable bonds is 4. The van der Waals surface area contributed by atoms with Gasteiger partial charge in [0.2, 0.25) is 0 Å². The average Bonchev–Trinajstić information content (AvgIpc) is 2.82. The molecule has 0 heterocycles. The molecule has 0 aliphatic heterocycles. The smallest absolute Gasteiger partial charge is 0.126 e. The van der Waals surface area contributed by atoms with E-state index in [0.29, 0.717) is 18.2 Å². The Hall–Kier alpha value is -1.19. The maximum Gasteiger partial charge on any atom is 0.126 e. The maximum absolute atomic E-state index is 13.5. The van der Waals surface area contributed by atoms with Crippen molar-refractivity contribution < 1.29 is 4.39 Å². The highest BCUT2D eigenvalue weighted by Gasteiger charge is 2.17. The first-order valence-electron chi connectivity index (χ1n) is 6.08. The van der Waals surface area contributed by atoms with Crippen LogP contribution in [0.5, 0.6) is 0 Å². The summed E-state index contributed by atoms with van der Waals surface area (Å²) < 4.78 is 13.5. The first-order valence-corrected chi connectivity index (χ1v) is 6.08. The molecule has 0 spiro atoms. The van der Waals surface area contributed by atoms with Gasteiger partial charge in [-0.3, -0.25) is 0 Å². The molecule has 1 unspecified atom stereocenters. The van der Waals surface area contributed by atoms with Crippen molar-refractivity contribution in [2.75, 3.05) is 6.54 Å². The minimum atomic E-state index is -0.160. The highest BCUT2D eigenvalue weighted by molar-refractivity contribution is 5.26. The van der Waals surface area contributed by atoms with E-state index < -0.39 is 0 Å². The summed E-state index contributed by atoms with van der Waals surface area (Å²) in [6.45, 7) is 2.25. The molecule has 2 rings (SSSR count). The SMILES string of the molecule is Cc1ccc(C(CN)NC2CC=CC2)cc1F. The van der Waals surface area contributed by atoms with Gasteiger partial charge in [0.25, 0.3) is 0 Å². The Morgan fingerprint density at radius 3 is 2.71 bits per heavy atom. The maximum atomic E-state index is 13.5. The molecule has 0 radical (unpaired) electrons. The minimum Gasteiger partial charge on any atom is -0.329 e. The Morgan fingerprint density at radius 1 is 1.41 bits per heavy atom. The predicted molar refractivity (Wildman–Crippen MR) is 68.2 cm³/mol. The molecule has 1 aromatic carbocycles. The average molecular weight is 234 g/mol. The van der Waals surface area contributed by atoms with Crippen LogP contribution in [-0.4, -0.2) is 12.6 Å². The number of aryl methyl sites for hydroxylation is 1. The van der Waals surface area contributed by atoms with Gasteiger partial charge in [-0.25, -0.2) is 4.39 Å². The summed E-state index contributed by atoms with van der Waals surface area (Å²) >= 11 is 0. The molecule has 3 N–H and O–H groups in total. The summed E-state index contributed by atoms with van der Waals surface area (Å²) in [5, 5.41) is 3.47. The van der Waals surface area contributed by atoms with Crippen molar-refractivity contribution in [1.29, 1.82) is 0 Å². The third-order valence-electron chi connectivity index (χ3n) is 3.28. The topological polar surface area (TPSA) is 38.0 Å². The first kappa shape index (κ1) is 12.3. The van der Waals surface area contributed by atoms with Gasteiger partial charge >= 0.3 is 0 Å². The molecule has 2 nitrogen and oxygen atoms in total. The van der Waals surface area contributed by atoms with Gasteiger partial charge in [-0.1, -0.05) is 24.3 Å². The Balaban J connectivity index is 2.08. The highest BCUT2D eigenvalue weighted by Crippen LogP contribution is 2.19. The normalized spacial score (nSPS) is 17.6. The first-order chi connectivity index (χ1) is 8.20. The van der Waals surface area contributed by atoms with E-state index >= 15 is 0 Å². The zero-order valence-corrected chi connectivity index (χ0v) is 10.1. The van der Waals surface area contributed by atoms with Crippen molar-refractivity contribution in [3.8, 4) is 0 Å². The zero-order chi connectivity index (χ0) is 12.3. The number of hydrogen-bond donors (Lipinski definition) is 2. The second kappa shape index (κ2) is 5.43. The van der Waals surface area contributed by atoms with E-state index in [1.165, 1.54) is 0 Å². The number of nitrogens with one attached hydrogen (secondary N) is 1. The van der Waals surface area contributed by atoms with Crippen molar-refractivity contribution >= 4 is 0 Å². The van der Waals surface area contributed by atoms with E-state index in [-0.39, 0.29) is 11.9 Å². The van der Waals surface area contributed by atoms with Crippen LogP contribution in [0.2, 0.25) is 0 Å². The summed E-state index contributed by atoms with van der Waals surface area (Å²) in [5.74, 6) is -0.160. The molecule has 1 aliphatic rings. The van der Waals surface area contributed by atoms with E-state index in [1.54, 1.807) is 13.0 Å². The Labute approximate surface area is 102 Å². The molecule has 0 bridgehead atoms. The Morgan fingerprint density at radius 2 is 2.12 bits per heavy atom. The van der Waals surface area contributed by atoms with Crippen LogP contribution in [0.1, 0.15) is 30.0 Å². The summed E-state index contributed by atoms with van der Waals surface area (Å²) in [4.78, 5) is 0. The van der Waals surface area contributed by atoms with Gasteiger partial charge in [0.1, 0.15) is 5.82 Å². The quantitative estimate of drug-likeness (QED) is 0.785. The third-order valence-corrected chi connectivity index (χ3v) is 3.28. The van der Waals surface area contributed by atoms with Crippen LogP contribution in [0.15, 0.2) is 30.4 Å². The second-order valence-electron chi connectivity index (χ2n) is 4.60. The molecule has 1 atom stereocenters. The number of halogens is 1. The summed E-state index contributed by atoms with van der Waals surface area (Å²) in [7, 11) is 0. The van der Waals surface area contributed by atoms with Gasteiger partial charge in [-0.05, 0) is 37.0 Å². The lowest BCUT2D eigenvalue weighted by molar-refractivity contribution is 0.451. The van der Waals surface area contributed by atoms with E-state index in [1.807, 2.05) is 12.1 Å². The monoisotopic (exact) mass is 234 g/mol. The number of nitrogens with two attached hydrogens (primary N) is 1. The van der Waals surface area contributed by atoms with E-state index in [9.17, 15) is 4.39 Å². The van der Waals surface area contributed by atoms with Crippen molar-refractivity contribution in [2.24, 2.45) is 5.73 Å². The van der Waals surface area contributed by atoms with Crippen LogP contribution < -0.4 is 11.1 Å². The number of hydrogen-bond acceptors (Lipinski definition) is 2. The fraction of sp³-hybridized carbons (Fsp3) is 0.429. The predicted octanol–water partition coefficient (Wildman–Crippen LogP) is 2.44. The molecule has 3 heteroatoms. The summed E-state index contributed by atoms with van der Waals surface area (Å²) in [5.41, 5.74) is 7.37. The van der Waals surface area contributed by atoms with Gasteiger partial charge in [-0.15, -0.1) is 0 Å². The van der Waals surface area contributed by atoms with Gasteiger partial charge in [0.15, 0.2) is 0 Å². The molecule has 1 aliphatic carbocycles. The molecule has 0 fully saturated rings. The van der Waals surface area contributed by atoms with E-state index in [4.69, 9.17) is 5.73 Å². The van der Waals surface area contributed by atoms with Crippen LogP contribution >= 0.6 is 0 Å².